The van der Waals surface area contributed by atoms with E-state index in [2.05, 4.69) is 13.8 Å². The highest BCUT2D eigenvalue weighted by Gasteiger charge is 2.45. The molecule has 0 amide bonds. The van der Waals surface area contributed by atoms with Crippen molar-refractivity contribution in [3.63, 3.8) is 0 Å². The molecule has 32 heavy (non-hydrogen) atoms. The van der Waals surface area contributed by atoms with Crippen LogP contribution in [-0.2, 0) is 19.1 Å². The number of hydrogen-bond donors (Lipinski definition) is 0. The van der Waals surface area contributed by atoms with Gasteiger partial charge >= 0.3 is 11.9 Å². The molecular weight excluding hydrogens is 408 g/mol. The Bertz CT molecular complexity index is 816. The fourth-order valence-electron chi connectivity index (χ4n) is 3.26. The Balaban J connectivity index is 2.54. The van der Waals surface area contributed by atoms with Gasteiger partial charge in [0.15, 0.2) is 0 Å². The highest BCUT2D eigenvalue weighted by atomic mass is 16.6. The van der Waals surface area contributed by atoms with Crippen LogP contribution in [0.2, 0.25) is 0 Å². The Hall–Kier alpha value is -2.76. The molecule has 0 aliphatic heterocycles. The van der Waals surface area contributed by atoms with E-state index in [-0.39, 0.29) is 24.6 Å². The lowest BCUT2D eigenvalue weighted by molar-refractivity contribution is -0.166. The van der Waals surface area contributed by atoms with Crippen LogP contribution in [-0.4, -0.2) is 39.4 Å². The van der Waals surface area contributed by atoms with Crippen molar-refractivity contribution < 1.29 is 28.5 Å². The lowest BCUT2D eigenvalue weighted by Gasteiger charge is -2.40. The lowest BCUT2D eigenvalue weighted by Crippen LogP contribution is -2.43. The van der Waals surface area contributed by atoms with Gasteiger partial charge in [-0.05, 0) is 42.9 Å². The van der Waals surface area contributed by atoms with Crippen molar-refractivity contribution >= 4 is 18.0 Å². The van der Waals surface area contributed by atoms with Crippen LogP contribution in [0.4, 0.5) is 0 Å². The Morgan fingerprint density at radius 1 is 0.969 bits per heavy atom. The molecule has 6 heteroatoms. The second-order valence-electron chi connectivity index (χ2n) is 9.31. The van der Waals surface area contributed by atoms with Crippen molar-refractivity contribution in [2.45, 2.75) is 48.0 Å². The fourth-order valence-corrected chi connectivity index (χ4v) is 3.26. The molecule has 0 fully saturated rings. The zero-order chi connectivity index (χ0) is 24.4. The Morgan fingerprint density at radius 3 is 2.19 bits per heavy atom. The number of methoxy groups -OCH3 is 2. The number of carbonyl (C=O) groups is 2. The standard InChI is InChI=1S/C26H38O6/c1-19(2)18-26(6,25(3,4)5)24(28)32-16-15-31-23(27)12-10-9-11-20-17-21(29-7)13-14-22(20)30-8/h9-14,17,19H,15-16,18H2,1-8H3. The minimum absolute atomic E-state index is 0.00420. The normalized spacial score (nSPS) is 13.9. The van der Waals surface area contributed by atoms with Crippen LogP contribution in [0.25, 0.3) is 6.08 Å². The van der Waals surface area contributed by atoms with E-state index in [4.69, 9.17) is 18.9 Å². The molecule has 1 aromatic carbocycles. The third-order valence-corrected chi connectivity index (χ3v) is 5.54. The molecular formula is C26H38O6. The zero-order valence-electron chi connectivity index (χ0n) is 20.7. The number of esters is 2. The molecule has 0 aromatic heterocycles. The number of ether oxygens (including phenoxy) is 4. The second-order valence-corrected chi connectivity index (χ2v) is 9.31. The van der Waals surface area contributed by atoms with Crippen molar-refractivity contribution in [3.8, 4) is 11.5 Å². The molecule has 0 bridgehead atoms. The summed E-state index contributed by atoms with van der Waals surface area (Å²) in [5, 5.41) is 0. The maximum Gasteiger partial charge on any atom is 0.330 e. The summed E-state index contributed by atoms with van der Waals surface area (Å²) in [5.74, 6) is 0.989. The van der Waals surface area contributed by atoms with Gasteiger partial charge in [-0.3, -0.25) is 4.79 Å². The first-order valence-electron chi connectivity index (χ1n) is 10.9. The van der Waals surface area contributed by atoms with E-state index in [1.54, 1.807) is 32.4 Å². The van der Waals surface area contributed by atoms with Crippen molar-refractivity contribution in [1.29, 1.82) is 0 Å². The third-order valence-electron chi connectivity index (χ3n) is 5.54. The predicted octanol–water partition coefficient (Wildman–Crippen LogP) is 5.46. The van der Waals surface area contributed by atoms with Crippen molar-refractivity contribution in [2.75, 3.05) is 27.4 Å². The number of rotatable bonds is 11. The first kappa shape index (κ1) is 27.3. The molecule has 6 nitrogen and oxygen atoms in total. The summed E-state index contributed by atoms with van der Waals surface area (Å²) < 4.78 is 21.1. The van der Waals surface area contributed by atoms with Gasteiger partial charge in [-0.1, -0.05) is 52.8 Å². The van der Waals surface area contributed by atoms with Gasteiger partial charge in [-0.2, -0.15) is 0 Å². The van der Waals surface area contributed by atoms with E-state index in [0.717, 1.165) is 12.0 Å². The monoisotopic (exact) mass is 446 g/mol. The fraction of sp³-hybridized carbons (Fsp3) is 0.538. The highest BCUT2D eigenvalue weighted by Crippen LogP contribution is 2.44. The Labute approximate surface area is 192 Å². The van der Waals surface area contributed by atoms with Gasteiger partial charge in [0.1, 0.15) is 24.7 Å². The van der Waals surface area contributed by atoms with E-state index in [1.165, 1.54) is 6.08 Å². The lowest BCUT2D eigenvalue weighted by atomic mass is 9.64. The molecule has 1 unspecified atom stereocenters. The molecule has 1 rings (SSSR count). The molecule has 0 aliphatic rings. The molecule has 178 valence electrons. The minimum Gasteiger partial charge on any atom is -0.497 e. The van der Waals surface area contributed by atoms with Crippen molar-refractivity contribution in [1.82, 2.24) is 0 Å². The number of carbonyl (C=O) groups excluding carboxylic acids is 2. The van der Waals surface area contributed by atoms with E-state index in [1.807, 2.05) is 45.9 Å². The maximum absolute atomic E-state index is 12.7. The molecule has 0 spiro atoms. The highest BCUT2D eigenvalue weighted by molar-refractivity contribution is 5.82. The van der Waals surface area contributed by atoms with Crippen LogP contribution >= 0.6 is 0 Å². The summed E-state index contributed by atoms with van der Waals surface area (Å²) >= 11 is 0. The van der Waals surface area contributed by atoms with Crippen molar-refractivity contribution in [3.05, 3.63) is 42.0 Å². The summed E-state index contributed by atoms with van der Waals surface area (Å²) in [6.45, 7) is 12.3. The molecule has 0 N–H and O–H groups in total. The van der Waals surface area contributed by atoms with Gasteiger partial charge < -0.3 is 18.9 Å². The van der Waals surface area contributed by atoms with Gasteiger partial charge in [0.05, 0.1) is 19.6 Å². The summed E-state index contributed by atoms with van der Waals surface area (Å²) in [4.78, 5) is 24.6. The van der Waals surface area contributed by atoms with Crippen LogP contribution in [0.5, 0.6) is 11.5 Å². The largest absolute Gasteiger partial charge is 0.497 e. The zero-order valence-corrected chi connectivity index (χ0v) is 20.7. The SMILES string of the molecule is COc1ccc(OC)c(C=CC=CC(=O)OCCOC(=O)C(C)(CC(C)C)C(C)(C)C)c1. The van der Waals surface area contributed by atoms with Gasteiger partial charge in [0, 0.05) is 11.6 Å². The van der Waals surface area contributed by atoms with E-state index < -0.39 is 11.4 Å². The van der Waals surface area contributed by atoms with Gasteiger partial charge in [0.25, 0.3) is 0 Å². The van der Waals surface area contributed by atoms with Crippen LogP contribution in [0.3, 0.4) is 0 Å². The quantitative estimate of drug-likeness (QED) is 0.195. The van der Waals surface area contributed by atoms with Gasteiger partial charge in [-0.25, -0.2) is 4.79 Å². The predicted molar refractivity (Wildman–Crippen MR) is 127 cm³/mol. The number of allylic oxidation sites excluding steroid dienone is 2. The molecule has 0 saturated carbocycles. The average Bonchev–Trinajstić information content (AvgIpc) is 2.72. The van der Waals surface area contributed by atoms with E-state index >= 15 is 0 Å². The maximum atomic E-state index is 12.7. The Kier molecular flexibility index (Phi) is 10.5. The van der Waals surface area contributed by atoms with Crippen LogP contribution in [0.1, 0.15) is 53.5 Å². The molecule has 0 saturated heterocycles. The first-order chi connectivity index (χ1) is 14.9. The minimum atomic E-state index is -0.614. The topological polar surface area (TPSA) is 71.1 Å². The summed E-state index contributed by atoms with van der Waals surface area (Å²) in [7, 11) is 3.18. The summed E-state index contributed by atoms with van der Waals surface area (Å²) in [6, 6.07) is 5.45. The molecule has 1 aromatic rings. The average molecular weight is 447 g/mol. The van der Waals surface area contributed by atoms with Crippen LogP contribution in [0.15, 0.2) is 36.4 Å². The first-order valence-corrected chi connectivity index (χ1v) is 10.9. The molecule has 0 heterocycles. The van der Waals surface area contributed by atoms with Crippen LogP contribution in [0, 0.1) is 16.7 Å². The van der Waals surface area contributed by atoms with Crippen LogP contribution < -0.4 is 9.47 Å². The number of benzene rings is 1. The Morgan fingerprint density at radius 2 is 1.62 bits per heavy atom. The van der Waals surface area contributed by atoms with E-state index in [0.29, 0.717) is 17.4 Å². The smallest absolute Gasteiger partial charge is 0.330 e. The molecule has 0 aliphatic carbocycles. The second kappa shape index (κ2) is 12.3. The number of hydrogen-bond acceptors (Lipinski definition) is 6. The van der Waals surface area contributed by atoms with Gasteiger partial charge in [-0.15, -0.1) is 0 Å². The molecule has 1 atom stereocenters. The third kappa shape index (κ3) is 8.06. The molecule has 0 radical (unpaired) electrons. The summed E-state index contributed by atoms with van der Waals surface area (Å²) in [6.07, 6.45) is 7.12. The van der Waals surface area contributed by atoms with E-state index in [9.17, 15) is 9.59 Å². The van der Waals surface area contributed by atoms with Crippen molar-refractivity contribution in [2.24, 2.45) is 16.7 Å². The van der Waals surface area contributed by atoms with Gasteiger partial charge in [0.2, 0.25) is 0 Å². The summed E-state index contributed by atoms with van der Waals surface area (Å²) in [5.41, 5.74) is -0.0390.